The quantitative estimate of drug-likeness (QED) is 0.758. The van der Waals surface area contributed by atoms with Crippen molar-refractivity contribution >= 4 is 11.6 Å². The summed E-state index contributed by atoms with van der Waals surface area (Å²) in [5.41, 5.74) is 3.13. The number of rotatable bonds is 2. The highest BCUT2D eigenvalue weighted by Gasteiger charge is 2.27. The van der Waals surface area contributed by atoms with Gasteiger partial charge < -0.3 is 0 Å². The van der Waals surface area contributed by atoms with Crippen molar-refractivity contribution in [3.05, 3.63) is 34.3 Å². The first-order valence-corrected chi connectivity index (χ1v) is 7.74. The summed E-state index contributed by atoms with van der Waals surface area (Å²) < 4.78 is 0. The molecule has 0 N–H and O–H groups in total. The van der Waals surface area contributed by atoms with Crippen molar-refractivity contribution in [1.82, 2.24) is 4.90 Å². The standard InChI is InChI=1S/C17H26ClN/c1-13-11-16(18)6-5-15(13)12-14-7-9-19(10-8-14)17(2,3)4/h5-6,11,14H,7-10,12H2,1-4H3. The molecular weight excluding hydrogens is 254 g/mol. The van der Waals surface area contributed by atoms with E-state index in [2.05, 4.69) is 44.7 Å². The van der Waals surface area contributed by atoms with Crippen LogP contribution < -0.4 is 0 Å². The van der Waals surface area contributed by atoms with Crippen LogP contribution in [0.4, 0.5) is 0 Å². The van der Waals surface area contributed by atoms with Crippen LogP contribution in [0.2, 0.25) is 5.02 Å². The second kappa shape index (κ2) is 5.85. The smallest absolute Gasteiger partial charge is 0.0408 e. The van der Waals surface area contributed by atoms with Crippen LogP contribution in [0, 0.1) is 12.8 Å². The molecule has 1 fully saturated rings. The minimum absolute atomic E-state index is 0.321. The molecule has 0 aromatic heterocycles. The zero-order valence-electron chi connectivity index (χ0n) is 12.7. The Morgan fingerprint density at radius 3 is 2.37 bits per heavy atom. The van der Waals surface area contributed by atoms with E-state index in [4.69, 9.17) is 11.6 Å². The lowest BCUT2D eigenvalue weighted by atomic mass is 9.87. The van der Waals surface area contributed by atoms with E-state index < -0.39 is 0 Å². The van der Waals surface area contributed by atoms with Crippen LogP contribution in [0.1, 0.15) is 44.7 Å². The van der Waals surface area contributed by atoms with Gasteiger partial charge in [0.2, 0.25) is 0 Å². The molecule has 0 radical (unpaired) electrons. The number of hydrogen-bond donors (Lipinski definition) is 0. The van der Waals surface area contributed by atoms with Gasteiger partial charge in [0.15, 0.2) is 0 Å². The fraction of sp³-hybridized carbons (Fsp3) is 0.647. The number of hydrogen-bond acceptors (Lipinski definition) is 1. The molecule has 0 spiro atoms. The summed E-state index contributed by atoms with van der Waals surface area (Å²) in [7, 11) is 0. The number of halogens is 1. The Bertz CT molecular complexity index is 425. The molecule has 1 saturated heterocycles. The number of piperidine rings is 1. The largest absolute Gasteiger partial charge is 0.298 e. The van der Waals surface area contributed by atoms with Crippen molar-refractivity contribution in [2.45, 2.75) is 52.5 Å². The van der Waals surface area contributed by atoms with E-state index in [9.17, 15) is 0 Å². The molecule has 2 rings (SSSR count). The third kappa shape index (κ3) is 3.97. The molecule has 0 bridgehead atoms. The summed E-state index contributed by atoms with van der Waals surface area (Å²) in [6.45, 7) is 11.6. The Morgan fingerprint density at radius 2 is 1.84 bits per heavy atom. The van der Waals surface area contributed by atoms with E-state index >= 15 is 0 Å². The van der Waals surface area contributed by atoms with Gasteiger partial charge in [-0.1, -0.05) is 17.7 Å². The molecule has 0 aliphatic carbocycles. The van der Waals surface area contributed by atoms with Gasteiger partial charge in [-0.2, -0.15) is 0 Å². The molecule has 2 heteroatoms. The van der Waals surface area contributed by atoms with Crippen LogP contribution in [0.15, 0.2) is 18.2 Å². The predicted molar refractivity (Wildman–Crippen MR) is 83.9 cm³/mol. The molecule has 1 aromatic rings. The first kappa shape index (κ1) is 14.9. The van der Waals surface area contributed by atoms with Crippen molar-refractivity contribution < 1.29 is 0 Å². The first-order chi connectivity index (χ1) is 8.86. The van der Waals surface area contributed by atoms with Crippen LogP contribution in [0.3, 0.4) is 0 Å². The SMILES string of the molecule is Cc1cc(Cl)ccc1CC1CCN(C(C)(C)C)CC1. The Morgan fingerprint density at radius 1 is 1.21 bits per heavy atom. The van der Waals surface area contributed by atoms with E-state index in [1.54, 1.807) is 0 Å². The summed E-state index contributed by atoms with van der Waals surface area (Å²) in [5, 5.41) is 0.851. The Balaban J connectivity index is 1.92. The average Bonchev–Trinajstić information content (AvgIpc) is 2.32. The van der Waals surface area contributed by atoms with Gasteiger partial charge in [0.1, 0.15) is 0 Å². The normalized spacial score (nSPS) is 18.8. The Kier molecular flexibility index (Phi) is 4.58. The summed E-state index contributed by atoms with van der Waals surface area (Å²) in [6, 6.07) is 6.31. The van der Waals surface area contributed by atoms with Gasteiger partial charge in [-0.3, -0.25) is 4.90 Å². The van der Waals surface area contributed by atoms with Gasteiger partial charge in [-0.15, -0.1) is 0 Å². The highest BCUT2D eigenvalue weighted by molar-refractivity contribution is 6.30. The first-order valence-electron chi connectivity index (χ1n) is 7.36. The molecule has 1 aliphatic heterocycles. The van der Waals surface area contributed by atoms with Crippen LogP contribution in [-0.2, 0) is 6.42 Å². The molecule has 1 aromatic carbocycles. The third-order valence-corrected chi connectivity index (χ3v) is 4.61. The number of likely N-dealkylation sites (tertiary alicyclic amines) is 1. The van der Waals surface area contributed by atoms with Gasteiger partial charge in [-0.05, 0) is 89.2 Å². The van der Waals surface area contributed by atoms with Crippen LogP contribution in [0.5, 0.6) is 0 Å². The van der Waals surface area contributed by atoms with E-state index in [-0.39, 0.29) is 0 Å². The molecule has 0 amide bonds. The Hall–Kier alpha value is -0.530. The van der Waals surface area contributed by atoms with Gasteiger partial charge in [0.05, 0.1) is 0 Å². The molecule has 0 saturated carbocycles. The summed E-state index contributed by atoms with van der Waals surface area (Å²) in [4.78, 5) is 2.61. The second-order valence-electron chi connectivity index (χ2n) is 6.88. The summed E-state index contributed by atoms with van der Waals surface area (Å²) in [5.74, 6) is 0.832. The van der Waals surface area contributed by atoms with Crippen LogP contribution in [-0.4, -0.2) is 23.5 Å². The van der Waals surface area contributed by atoms with E-state index in [0.29, 0.717) is 5.54 Å². The third-order valence-electron chi connectivity index (χ3n) is 4.38. The van der Waals surface area contributed by atoms with Crippen molar-refractivity contribution in [1.29, 1.82) is 0 Å². The maximum Gasteiger partial charge on any atom is 0.0408 e. The molecule has 0 atom stereocenters. The number of aryl methyl sites for hydroxylation is 1. The molecule has 106 valence electrons. The maximum atomic E-state index is 6.02. The van der Waals surface area contributed by atoms with Crippen molar-refractivity contribution in [3.8, 4) is 0 Å². The minimum atomic E-state index is 0.321. The van der Waals surface area contributed by atoms with Crippen molar-refractivity contribution in [3.63, 3.8) is 0 Å². The van der Waals surface area contributed by atoms with Crippen molar-refractivity contribution in [2.75, 3.05) is 13.1 Å². The zero-order chi connectivity index (χ0) is 14.0. The topological polar surface area (TPSA) is 3.24 Å². The lowest BCUT2D eigenvalue weighted by molar-refractivity contribution is 0.0875. The van der Waals surface area contributed by atoms with Crippen molar-refractivity contribution in [2.24, 2.45) is 5.92 Å². The monoisotopic (exact) mass is 279 g/mol. The summed E-state index contributed by atoms with van der Waals surface area (Å²) in [6.07, 6.45) is 3.85. The predicted octanol–water partition coefficient (Wildman–Crippen LogP) is 4.70. The highest BCUT2D eigenvalue weighted by Crippen LogP contribution is 2.27. The zero-order valence-corrected chi connectivity index (χ0v) is 13.4. The maximum absolute atomic E-state index is 6.02. The number of nitrogens with zero attached hydrogens (tertiary/aromatic N) is 1. The van der Waals surface area contributed by atoms with Gasteiger partial charge in [-0.25, -0.2) is 0 Å². The van der Waals surface area contributed by atoms with Crippen LogP contribution >= 0.6 is 11.6 Å². The fourth-order valence-corrected chi connectivity index (χ4v) is 3.23. The molecule has 1 aliphatic rings. The van der Waals surface area contributed by atoms with Gasteiger partial charge in [0, 0.05) is 10.6 Å². The average molecular weight is 280 g/mol. The number of benzene rings is 1. The van der Waals surface area contributed by atoms with E-state index in [1.807, 2.05) is 6.07 Å². The summed E-state index contributed by atoms with van der Waals surface area (Å²) >= 11 is 6.02. The van der Waals surface area contributed by atoms with Gasteiger partial charge >= 0.3 is 0 Å². The Labute approximate surface area is 123 Å². The lowest BCUT2D eigenvalue weighted by Gasteiger charge is -2.41. The van der Waals surface area contributed by atoms with E-state index in [0.717, 1.165) is 10.9 Å². The molecule has 1 heterocycles. The highest BCUT2D eigenvalue weighted by atomic mass is 35.5. The molecule has 1 nitrogen and oxygen atoms in total. The molecule has 19 heavy (non-hydrogen) atoms. The molecular formula is C17H26ClN. The second-order valence-corrected chi connectivity index (χ2v) is 7.31. The van der Waals surface area contributed by atoms with E-state index in [1.165, 1.54) is 43.5 Å². The van der Waals surface area contributed by atoms with Gasteiger partial charge in [0.25, 0.3) is 0 Å². The minimum Gasteiger partial charge on any atom is -0.298 e. The lowest BCUT2D eigenvalue weighted by Crippen LogP contribution is -2.46. The fourth-order valence-electron chi connectivity index (χ4n) is 3.01. The molecule has 0 unspecified atom stereocenters. The van der Waals surface area contributed by atoms with Crippen LogP contribution in [0.25, 0.3) is 0 Å².